The van der Waals surface area contributed by atoms with Gasteiger partial charge in [0, 0.05) is 0 Å². The normalized spacial score (nSPS) is 18.3. The molecule has 0 saturated heterocycles. The van der Waals surface area contributed by atoms with Gasteiger partial charge >= 0.3 is 23.9 Å². The maximum Gasteiger partial charge on any atom is 0.317 e. The van der Waals surface area contributed by atoms with Crippen LogP contribution in [0.4, 0.5) is 0 Å². The van der Waals surface area contributed by atoms with Crippen LogP contribution in [-0.2, 0) is 19.2 Å². The van der Waals surface area contributed by atoms with Gasteiger partial charge in [0.1, 0.15) is 0 Å². The smallest absolute Gasteiger partial charge is 0.317 e. The van der Waals surface area contributed by atoms with Crippen LogP contribution in [0.3, 0.4) is 0 Å². The van der Waals surface area contributed by atoms with Gasteiger partial charge in [-0.05, 0) is 32.1 Å². The standard InChI is InChI=1S/C14H26O4.C8H12O4/c1-2-3-4-5-6-7-8-9-10-11-12(13(15)16)14(17)18;9-7(10)5-1-2-6(4-3-5)8(11)12/h12H,2-11H2,1H3,(H,15,16)(H,17,18);5-6H,1-4H2,(H,9,10)(H,11,12). The quantitative estimate of drug-likeness (QED) is 0.230. The molecule has 0 radical (unpaired) electrons. The van der Waals surface area contributed by atoms with Crippen molar-refractivity contribution in [3.63, 3.8) is 0 Å². The van der Waals surface area contributed by atoms with Gasteiger partial charge in [-0.1, -0.05) is 64.7 Å². The number of aliphatic carboxylic acids is 4. The first-order valence-electron chi connectivity index (χ1n) is 11.1. The van der Waals surface area contributed by atoms with Crippen molar-refractivity contribution in [3.8, 4) is 0 Å². The average molecular weight is 431 g/mol. The van der Waals surface area contributed by atoms with Gasteiger partial charge in [0.15, 0.2) is 5.92 Å². The summed E-state index contributed by atoms with van der Waals surface area (Å²) in [4.78, 5) is 42.2. The molecule has 0 spiro atoms. The molecule has 0 unspecified atom stereocenters. The predicted octanol–water partition coefficient (Wildman–Crippen LogP) is 4.65. The Morgan fingerprint density at radius 3 is 1.27 bits per heavy atom. The van der Waals surface area contributed by atoms with Gasteiger partial charge in [0.25, 0.3) is 0 Å². The molecule has 0 atom stereocenters. The lowest BCUT2D eigenvalue weighted by Gasteiger charge is -2.22. The van der Waals surface area contributed by atoms with Crippen molar-refractivity contribution < 1.29 is 39.6 Å². The fourth-order valence-corrected chi connectivity index (χ4v) is 3.60. The number of carboxylic acids is 4. The molecule has 0 aromatic rings. The highest BCUT2D eigenvalue weighted by Crippen LogP contribution is 2.28. The van der Waals surface area contributed by atoms with Gasteiger partial charge in [0.05, 0.1) is 11.8 Å². The van der Waals surface area contributed by atoms with Crippen LogP contribution in [-0.4, -0.2) is 44.3 Å². The van der Waals surface area contributed by atoms with E-state index >= 15 is 0 Å². The second-order valence-electron chi connectivity index (χ2n) is 8.07. The molecular weight excluding hydrogens is 392 g/mol. The molecule has 0 aromatic heterocycles. The van der Waals surface area contributed by atoms with Crippen molar-refractivity contribution in [3.05, 3.63) is 0 Å². The molecule has 30 heavy (non-hydrogen) atoms. The van der Waals surface area contributed by atoms with Crippen molar-refractivity contribution in [1.82, 2.24) is 0 Å². The summed E-state index contributed by atoms with van der Waals surface area (Å²) in [5.74, 6) is -5.89. The van der Waals surface area contributed by atoms with E-state index in [9.17, 15) is 19.2 Å². The van der Waals surface area contributed by atoms with E-state index in [1.165, 1.54) is 38.5 Å². The van der Waals surface area contributed by atoms with Crippen LogP contribution in [0.1, 0.15) is 96.8 Å². The lowest BCUT2D eigenvalue weighted by atomic mass is 9.82. The van der Waals surface area contributed by atoms with Crippen molar-refractivity contribution in [2.45, 2.75) is 96.8 Å². The van der Waals surface area contributed by atoms with Gasteiger partial charge in [-0.3, -0.25) is 19.2 Å². The minimum Gasteiger partial charge on any atom is -0.481 e. The third-order valence-corrected chi connectivity index (χ3v) is 5.62. The summed E-state index contributed by atoms with van der Waals surface area (Å²) in [6, 6.07) is 0. The molecule has 8 heteroatoms. The van der Waals surface area contributed by atoms with Gasteiger partial charge in [-0.2, -0.15) is 0 Å². The summed E-state index contributed by atoms with van der Waals surface area (Å²) >= 11 is 0. The molecular formula is C22H38O8. The SMILES string of the molecule is CCCCCCCCCCCC(C(=O)O)C(=O)O.O=C(O)C1CCC(C(=O)O)CC1. The summed E-state index contributed by atoms with van der Waals surface area (Å²) in [6.07, 6.45) is 12.5. The van der Waals surface area contributed by atoms with Gasteiger partial charge in [-0.25, -0.2) is 0 Å². The first-order chi connectivity index (χ1) is 14.2. The van der Waals surface area contributed by atoms with Crippen LogP contribution in [0, 0.1) is 17.8 Å². The molecule has 8 nitrogen and oxygen atoms in total. The molecule has 1 rings (SSSR count). The predicted molar refractivity (Wildman–Crippen MR) is 111 cm³/mol. The second kappa shape index (κ2) is 16.7. The number of hydrogen-bond acceptors (Lipinski definition) is 4. The summed E-state index contributed by atoms with van der Waals surface area (Å²) in [5, 5.41) is 34.6. The highest BCUT2D eigenvalue weighted by molar-refractivity contribution is 5.92. The van der Waals surface area contributed by atoms with Crippen molar-refractivity contribution in [1.29, 1.82) is 0 Å². The van der Waals surface area contributed by atoms with Crippen LogP contribution < -0.4 is 0 Å². The summed E-state index contributed by atoms with van der Waals surface area (Å²) in [5.41, 5.74) is 0. The molecule has 0 aromatic carbocycles. The van der Waals surface area contributed by atoms with E-state index in [4.69, 9.17) is 20.4 Å². The Hall–Kier alpha value is -2.12. The van der Waals surface area contributed by atoms with E-state index in [1.54, 1.807) is 0 Å². The molecule has 0 heterocycles. The largest absolute Gasteiger partial charge is 0.481 e. The van der Waals surface area contributed by atoms with Crippen molar-refractivity contribution in [2.24, 2.45) is 17.8 Å². The summed E-state index contributed by atoms with van der Waals surface area (Å²) in [6.45, 7) is 2.20. The van der Waals surface area contributed by atoms with Gasteiger partial charge in [0.2, 0.25) is 0 Å². The Kier molecular flexibility index (Phi) is 15.5. The number of unbranched alkanes of at least 4 members (excludes halogenated alkanes) is 8. The zero-order valence-corrected chi connectivity index (χ0v) is 18.1. The minimum atomic E-state index is -1.23. The molecule has 0 bridgehead atoms. The molecule has 1 aliphatic carbocycles. The zero-order chi connectivity index (χ0) is 22.9. The monoisotopic (exact) mass is 430 g/mol. The van der Waals surface area contributed by atoms with E-state index < -0.39 is 29.8 Å². The summed E-state index contributed by atoms with van der Waals surface area (Å²) < 4.78 is 0. The Morgan fingerprint density at radius 2 is 0.967 bits per heavy atom. The second-order valence-corrected chi connectivity index (χ2v) is 8.07. The van der Waals surface area contributed by atoms with Crippen LogP contribution in [0.15, 0.2) is 0 Å². The third kappa shape index (κ3) is 13.2. The lowest BCUT2D eigenvalue weighted by molar-refractivity contribution is -0.155. The first-order valence-corrected chi connectivity index (χ1v) is 11.1. The fraction of sp³-hybridized carbons (Fsp3) is 0.818. The van der Waals surface area contributed by atoms with E-state index in [2.05, 4.69) is 6.92 Å². The highest BCUT2D eigenvalue weighted by Gasteiger charge is 2.29. The Morgan fingerprint density at radius 1 is 0.633 bits per heavy atom. The number of rotatable bonds is 14. The Bertz CT molecular complexity index is 487. The number of carbonyl (C=O) groups is 4. The maximum atomic E-state index is 10.6. The minimum absolute atomic E-state index is 0.250. The zero-order valence-electron chi connectivity index (χ0n) is 18.1. The van der Waals surface area contributed by atoms with Crippen LogP contribution in [0.5, 0.6) is 0 Å². The Labute approximate surface area is 178 Å². The van der Waals surface area contributed by atoms with E-state index in [0.717, 1.165) is 12.8 Å². The topological polar surface area (TPSA) is 149 Å². The van der Waals surface area contributed by atoms with Crippen molar-refractivity contribution in [2.75, 3.05) is 0 Å². The third-order valence-electron chi connectivity index (χ3n) is 5.62. The first kappa shape index (κ1) is 27.9. The van der Waals surface area contributed by atoms with E-state index in [0.29, 0.717) is 32.1 Å². The van der Waals surface area contributed by atoms with Gasteiger partial charge in [-0.15, -0.1) is 0 Å². The van der Waals surface area contributed by atoms with Crippen LogP contribution in [0.25, 0.3) is 0 Å². The molecule has 4 N–H and O–H groups in total. The molecule has 1 saturated carbocycles. The number of carboxylic acid groups (broad SMARTS) is 4. The lowest BCUT2D eigenvalue weighted by Crippen LogP contribution is -2.25. The molecule has 1 aliphatic rings. The molecule has 1 fully saturated rings. The summed E-state index contributed by atoms with van der Waals surface area (Å²) in [7, 11) is 0. The molecule has 0 amide bonds. The average Bonchev–Trinajstić information content (AvgIpc) is 2.69. The fourth-order valence-electron chi connectivity index (χ4n) is 3.60. The number of hydrogen-bond donors (Lipinski definition) is 4. The van der Waals surface area contributed by atoms with Crippen LogP contribution >= 0.6 is 0 Å². The maximum absolute atomic E-state index is 10.6. The molecule has 174 valence electrons. The van der Waals surface area contributed by atoms with Crippen molar-refractivity contribution >= 4 is 23.9 Å². The highest BCUT2D eigenvalue weighted by atomic mass is 16.4. The van der Waals surface area contributed by atoms with Crippen LogP contribution in [0.2, 0.25) is 0 Å². The Balaban J connectivity index is 0.000000604. The molecule has 0 aliphatic heterocycles. The van der Waals surface area contributed by atoms with E-state index in [1.807, 2.05) is 0 Å². The van der Waals surface area contributed by atoms with Gasteiger partial charge < -0.3 is 20.4 Å². The van der Waals surface area contributed by atoms with E-state index in [-0.39, 0.29) is 18.3 Å².